The van der Waals surface area contributed by atoms with Gasteiger partial charge in [-0.1, -0.05) is 128 Å². The van der Waals surface area contributed by atoms with Crippen LogP contribution in [0.1, 0.15) is 200 Å². The summed E-state index contributed by atoms with van der Waals surface area (Å²) in [4.78, 5) is 135. The number of carbonyl (C=O) groups excluding carboxylic acids is 9. The zero-order chi connectivity index (χ0) is 101. The van der Waals surface area contributed by atoms with E-state index in [1.165, 1.54) is 23.1 Å². The van der Waals surface area contributed by atoms with Crippen LogP contribution in [0.3, 0.4) is 0 Å². The summed E-state index contributed by atoms with van der Waals surface area (Å²) in [6, 6.07) is 80.8. The van der Waals surface area contributed by atoms with Crippen molar-refractivity contribution in [3.63, 3.8) is 0 Å². The Morgan fingerprint density at radius 3 is 1.16 bits per heavy atom. The molecule has 12 aromatic carbocycles. The van der Waals surface area contributed by atoms with E-state index < -0.39 is 35.5 Å². The molecular weight excluding hydrogens is 1860 g/mol. The lowest BCUT2D eigenvalue weighted by Crippen LogP contribution is -2.48. The lowest BCUT2D eigenvalue weighted by Gasteiger charge is -2.44. The molecule has 5 heterocycles. The van der Waals surface area contributed by atoms with Crippen LogP contribution in [-0.2, 0) is 30.1 Å². The van der Waals surface area contributed by atoms with E-state index >= 15 is 0 Å². The van der Waals surface area contributed by atoms with Gasteiger partial charge in [-0.3, -0.25) is 43.2 Å². The smallest absolute Gasteiger partial charge is 0.416 e. The summed E-state index contributed by atoms with van der Waals surface area (Å²) in [5.74, 6) is -0.604. The number of nitrogens with zero attached hydrogens (tertiary/aromatic N) is 10. The van der Waals surface area contributed by atoms with E-state index in [9.17, 15) is 60.7 Å². The fraction of sp³-hybridized carbons (Fsp3) is 0.277. The average Bonchev–Trinajstić information content (AvgIpc) is 0.759. The number of anilines is 10. The van der Waals surface area contributed by atoms with Crippen molar-refractivity contribution in [2.75, 3.05) is 89.9 Å². The number of carbonyl (C=O) groups is 9. The van der Waals surface area contributed by atoms with Crippen molar-refractivity contribution < 1.29 is 70.2 Å². The lowest BCUT2D eigenvalue weighted by molar-refractivity contribution is -0.137. The molecule has 0 saturated carbocycles. The lowest BCUT2D eigenvalue weighted by atomic mass is 9.88. The topological polar surface area (TPSA) is 231 Å². The molecule has 0 aliphatic carbocycles. The molecule has 17 rings (SSSR count). The monoisotopic (exact) mass is 1970 g/mol. The summed E-state index contributed by atoms with van der Waals surface area (Å²) in [5.41, 5.74) is 17.0. The van der Waals surface area contributed by atoms with Crippen LogP contribution in [0.4, 0.5) is 74.4 Å². The second-order valence-electron chi connectivity index (χ2n) is 35.7. The molecule has 0 fully saturated rings. The molecule has 730 valence electrons. The molecule has 0 unspecified atom stereocenters. The minimum Gasteiger partial charge on any atom is -0.494 e. The number of alkyl halides is 3. The number of hydrogen-bond acceptors (Lipinski definition) is 13. The minimum absolute atomic E-state index is 0.0421. The second-order valence-corrected chi connectivity index (χ2v) is 37.0. The Hall–Kier alpha value is -14.3. The van der Waals surface area contributed by atoms with Gasteiger partial charge >= 0.3 is 6.18 Å². The van der Waals surface area contributed by atoms with Crippen LogP contribution < -0.4 is 64.2 Å². The fourth-order valence-corrected chi connectivity index (χ4v) is 19.5. The first-order valence-corrected chi connectivity index (χ1v) is 48.1. The number of halogens is 7. The third-order valence-corrected chi connectivity index (χ3v) is 26.7. The Balaban J connectivity index is 0.000000150. The standard InChI is InChI=1S/C29H30ClN3O4.C29H31N3O3.C27H23ClF4N2O2.C27H28ClN3O2/c1-19-18-27(33(20(2)34)23-13-11-22(30)12-14-23)25-6-3-4-7-26(25)32(19)29(36)21-9-15-24(16-10-21)37-17-5-8-28(31)35;1-4-28(33)32(22-10-6-5-7-11-22)26-18-20(2)31(24-13-9-8-12-23(24)26)29(34)21-14-15-25-27(19-21)35-17-16-30(25)3;1-3-25(35)34(21-11-7-19(28)8-12-21)23-14-16(2)33(26(36)17-4-9-20(29)10-5-17)24-15-18(27(30,31)32)6-13-22(23)24;1-18-17-26(31(19(2)32)23-15-11-21(28)12-16-23)24-7-5-6-8-25(24)30(18)27(33)20-9-13-22(14-10-20)29(3)4/h3-4,6-7,9-16,19,27H,5,8,17-18H2,1-2H3,(H2,31,35);5-15,19-20,26H,4,16-18H2,1-3H3;4-13,15-16,23H,3,14H2,1-2H3;5-16,18,26H,17H2,1-4H3/t19-,27+;20-,26+;16-,23+;18-,26+/m0000/s1. The predicted molar refractivity (Wildman–Crippen MR) is 551 cm³/mol. The molecule has 0 saturated heterocycles. The van der Waals surface area contributed by atoms with Gasteiger partial charge in [0.25, 0.3) is 23.6 Å². The molecule has 0 spiro atoms. The molecule has 22 nitrogen and oxygen atoms in total. The number of fused-ring (bicyclic) bond motifs is 5. The molecule has 8 atom stereocenters. The summed E-state index contributed by atoms with van der Waals surface area (Å²) < 4.78 is 65.9. The third kappa shape index (κ3) is 23.2. The molecule has 2 N–H and O–H groups in total. The van der Waals surface area contributed by atoms with Gasteiger partial charge in [0.2, 0.25) is 29.5 Å². The molecule has 29 heteroatoms. The Morgan fingerprint density at radius 1 is 0.411 bits per heavy atom. The predicted octanol–water partition coefficient (Wildman–Crippen LogP) is 24.3. The van der Waals surface area contributed by atoms with Crippen molar-refractivity contribution in [3.8, 4) is 11.5 Å². The molecule has 0 aromatic heterocycles. The zero-order valence-electron chi connectivity index (χ0n) is 80.2. The fourth-order valence-electron chi connectivity index (χ4n) is 19.1. The number of hydrogen-bond donors (Lipinski definition) is 1. The van der Waals surface area contributed by atoms with Crippen molar-refractivity contribution in [3.05, 3.63) is 356 Å². The summed E-state index contributed by atoms with van der Waals surface area (Å²) >= 11 is 18.2. The quantitative estimate of drug-likeness (QED) is 0.0553. The van der Waals surface area contributed by atoms with Gasteiger partial charge < -0.3 is 64.2 Å². The van der Waals surface area contributed by atoms with Crippen LogP contribution >= 0.6 is 34.8 Å². The normalized spacial score (nSPS) is 17.5. The second kappa shape index (κ2) is 45.3. The average molecular weight is 1970 g/mol. The van der Waals surface area contributed by atoms with Crippen LogP contribution in [0.2, 0.25) is 15.1 Å². The molecule has 12 aromatic rings. The highest BCUT2D eigenvalue weighted by Crippen LogP contribution is 2.50. The van der Waals surface area contributed by atoms with Gasteiger partial charge in [-0.15, -0.1) is 0 Å². The summed E-state index contributed by atoms with van der Waals surface area (Å²) in [7, 11) is 5.98. The number of primary amides is 1. The summed E-state index contributed by atoms with van der Waals surface area (Å²) in [6.45, 7) is 16.3. The number of benzene rings is 12. The number of ether oxygens (including phenoxy) is 2. The number of likely N-dealkylation sites (N-methyl/N-ethyl adjacent to an activating group) is 1. The first-order chi connectivity index (χ1) is 67.5. The van der Waals surface area contributed by atoms with Gasteiger partial charge in [0.15, 0.2) is 0 Å². The number of amides is 9. The Kier molecular flexibility index (Phi) is 32.9. The van der Waals surface area contributed by atoms with Gasteiger partial charge in [0.1, 0.15) is 23.9 Å². The maximum absolute atomic E-state index is 13.9. The number of rotatable bonds is 20. The van der Waals surface area contributed by atoms with E-state index in [0.717, 1.165) is 98.7 Å². The van der Waals surface area contributed by atoms with E-state index in [1.54, 1.807) is 120 Å². The van der Waals surface area contributed by atoms with Crippen molar-refractivity contribution in [2.45, 2.75) is 161 Å². The molecule has 5 aliphatic rings. The molecule has 5 aliphatic heterocycles. The van der Waals surface area contributed by atoms with Gasteiger partial charge in [-0.05, 0) is 288 Å². The van der Waals surface area contributed by atoms with Gasteiger partial charge in [0, 0.05) is 161 Å². The Labute approximate surface area is 834 Å². The third-order valence-electron chi connectivity index (χ3n) is 25.9. The highest BCUT2D eigenvalue weighted by Gasteiger charge is 2.45. The van der Waals surface area contributed by atoms with Crippen LogP contribution in [0, 0.1) is 5.82 Å². The SMILES string of the molecule is CC(=O)N(c1ccc(Cl)cc1)[C@@H]1C[C@H](C)N(C(=O)c2ccc(N(C)C)cc2)c2ccccc21.CC(=O)N(c1ccc(Cl)cc1)[C@@H]1C[C@H](C)N(C(=O)c2ccc(OCCCC(N)=O)cc2)c2ccccc21.CCC(=O)N(c1ccc(Cl)cc1)[C@@H]1C[C@H](C)N(C(=O)c2ccc(F)cc2)c2cc(C(F)(F)F)ccc21.CCC(=O)N(c1ccccc1)[C@@H]1C[C@H](C)N(C(=O)c2ccc3c(c2)OCCN3C)c2ccccc21. The molecule has 9 amide bonds. The van der Waals surface area contributed by atoms with Crippen LogP contribution in [0.5, 0.6) is 11.5 Å². The first kappa shape index (κ1) is 103. The Morgan fingerprint density at radius 2 is 0.759 bits per heavy atom. The number of para-hydroxylation sites is 4. The maximum atomic E-state index is 13.9. The van der Waals surface area contributed by atoms with E-state index in [0.29, 0.717) is 94.1 Å². The van der Waals surface area contributed by atoms with Crippen molar-refractivity contribution in [2.24, 2.45) is 5.73 Å². The van der Waals surface area contributed by atoms with Gasteiger partial charge in [0.05, 0.1) is 54.3 Å². The summed E-state index contributed by atoms with van der Waals surface area (Å²) in [6.07, 6.45) is -1.13. The number of nitrogens with two attached hydrogens (primary N) is 1. The van der Waals surface area contributed by atoms with Crippen molar-refractivity contribution >= 4 is 145 Å². The molecule has 0 bridgehead atoms. The van der Waals surface area contributed by atoms with Crippen molar-refractivity contribution in [1.29, 1.82) is 0 Å². The van der Waals surface area contributed by atoms with Gasteiger partial charge in [-0.25, -0.2) is 4.39 Å². The van der Waals surface area contributed by atoms with Crippen molar-refractivity contribution in [1.82, 2.24) is 0 Å². The highest BCUT2D eigenvalue weighted by atomic mass is 35.5. The van der Waals surface area contributed by atoms with Gasteiger partial charge in [-0.2, -0.15) is 13.2 Å². The van der Waals surface area contributed by atoms with Crippen LogP contribution in [0.25, 0.3) is 0 Å². The summed E-state index contributed by atoms with van der Waals surface area (Å²) in [5, 5.41) is 1.70. The Bertz CT molecular complexity index is 6530. The largest absolute Gasteiger partial charge is 0.494 e. The maximum Gasteiger partial charge on any atom is 0.416 e. The van der Waals surface area contributed by atoms with Crippen LogP contribution in [-0.4, -0.2) is 118 Å². The van der Waals surface area contributed by atoms with E-state index in [1.807, 2.05) is 231 Å². The molecule has 0 radical (unpaired) electrons. The van der Waals surface area contributed by atoms with E-state index in [2.05, 4.69) is 11.8 Å². The molecule has 141 heavy (non-hydrogen) atoms. The zero-order valence-corrected chi connectivity index (χ0v) is 82.5. The first-order valence-electron chi connectivity index (χ1n) is 46.9. The molecular formula is C112H112Cl3F4N11O11. The van der Waals surface area contributed by atoms with E-state index in [4.69, 9.17) is 50.0 Å². The van der Waals surface area contributed by atoms with Crippen LogP contribution in [0.15, 0.2) is 285 Å². The minimum atomic E-state index is -4.63. The van der Waals surface area contributed by atoms with E-state index in [-0.39, 0.29) is 114 Å². The highest BCUT2D eigenvalue weighted by molar-refractivity contribution is 6.31.